The minimum absolute atomic E-state index is 0.456. The third-order valence-corrected chi connectivity index (χ3v) is 4.90. The van der Waals surface area contributed by atoms with E-state index in [1.165, 1.54) is 24.1 Å². The van der Waals surface area contributed by atoms with Crippen LogP contribution in [-0.2, 0) is 6.54 Å². The van der Waals surface area contributed by atoms with E-state index in [9.17, 15) is 0 Å². The van der Waals surface area contributed by atoms with Crippen LogP contribution in [0.1, 0.15) is 35.7 Å². The predicted molar refractivity (Wildman–Crippen MR) is 94.2 cm³/mol. The molecule has 0 spiro atoms. The summed E-state index contributed by atoms with van der Waals surface area (Å²) >= 11 is 5.98. The first kappa shape index (κ1) is 15.5. The number of likely N-dealkylation sites (tertiary alicyclic amines) is 1. The zero-order valence-corrected chi connectivity index (χ0v) is 14.4. The Morgan fingerprint density at radius 1 is 1.25 bits per heavy atom. The maximum atomic E-state index is 5.98. The average Bonchev–Trinajstić information content (AvgIpc) is 3.05. The fourth-order valence-electron chi connectivity index (χ4n) is 3.54. The summed E-state index contributed by atoms with van der Waals surface area (Å²) in [6, 6.07) is 10.3. The summed E-state index contributed by atoms with van der Waals surface area (Å²) in [5.41, 5.74) is 3.52. The predicted octanol–water partition coefficient (Wildman–Crippen LogP) is 3.47. The van der Waals surface area contributed by atoms with Crippen LogP contribution in [0.25, 0.3) is 5.78 Å². The Hall–Kier alpha value is -1.98. The molecular weight excluding hydrogens is 322 g/mol. The Bertz CT molecular complexity index is 842. The summed E-state index contributed by atoms with van der Waals surface area (Å²) in [5, 5.41) is 5.15. The largest absolute Gasteiger partial charge is 0.298 e. The molecule has 3 heterocycles. The van der Waals surface area contributed by atoms with Crippen LogP contribution in [0.2, 0.25) is 5.02 Å². The van der Waals surface area contributed by atoms with Gasteiger partial charge < -0.3 is 0 Å². The Morgan fingerprint density at radius 2 is 2.08 bits per heavy atom. The highest BCUT2D eigenvalue weighted by atomic mass is 35.5. The molecule has 0 saturated carbocycles. The second kappa shape index (κ2) is 6.49. The highest BCUT2D eigenvalue weighted by Crippen LogP contribution is 2.28. The zero-order chi connectivity index (χ0) is 16.5. The molecule has 6 heteroatoms. The van der Waals surface area contributed by atoms with E-state index in [1.807, 2.05) is 23.6 Å². The molecule has 0 bridgehead atoms. The molecule has 124 valence electrons. The first-order valence-electron chi connectivity index (χ1n) is 8.33. The van der Waals surface area contributed by atoms with Gasteiger partial charge in [0.05, 0.1) is 5.69 Å². The van der Waals surface area contributed by atoms with Gasteiger partial charge in [0.15, 0.2) is 0 Å². The van der Waals surface area contributed by atoms with Gasteiger partial charge in [-0.25, -0.2) is 9.50 Å². The van der Waals surface area contributed by atoms with Crippen molar-refractivity contribution in [3.63, 3.8) is 0 Å². The summed E-state index contributed by atoms with van der Waals surface area (Å²) in [6.45, 7) is 5.13. The van der Waals surface area contributed by atoms with Gasteiger partial charge in [0.1, 0.15) is 6.33 Å². The van der Waals surface area contributed by atoms with Gasteiger partial charge in [-0.3, -0.25) is 4.90 Å². The maximum Gasteiger partial charge on any atom is 0.252 e. The summed E-state index contributed by atoms with van der Waals surface area (Å²) < 4.78 is 1.89. The SMILES string of the molecule is Cc1cc(C2CCCN(Cc3ccc(Cl)cc3)C2)n2ncnc2n1. The first-order valence-corrected chi connectivity index (χ1v) is 8.71. The van der Waals surface area contributed by atoms with Crippen molar-refractivity contribution in [2.75, 3.05) is 13.1 Å². The number of rotatable bonds is 3. The van der Waals surface area contributed by atoms with Crippen LogP contribution in [-0.4, -0.2) is 37.6 Å². The molecule has 4 rings (SSSR count). The van der Waals surface area contributed by atoms with Crippen LogP contribution in [0.15, 0.2) is 36.7 Å². The van der Waals surface area contributed by atoms with Crippen molar-refractivity contribution in [2.24, 2.45) is 0 Å². The molecule has 1 fully saturated rings. The van der Waals surface area contributed by atoms with Gasteiger partial charge in [0, 0.05) is 29.7 Å². The van der Waals surface area contributed by atoms with E-state index in [4.69, 9.17) is 11.6 Å². The lowest BCUT2D eigenvalue weighted by atomic mass is 9.93. The minimum atomic E-state index is 0.456. The van der Waals surface area contributed by atoms with Crippen molar-refractivity contribution < 1.29 is 0 Å². The smallest absolute Gasteiger partial charge is 0.252 e. The van der Waals surface area contributed by atoms with E-state index in [0.29, 0.717) is 11.7 Å². The Kier molecular flexibility index (Phi) is 4.21. The molecule has 0 radical (unpaired) electrons. The molecule has 0 N–H and O–H groups in total. The third-order valence-electron chi connectivity index (χ3n) is 4.65. The van der Waals surface area contributed by atoms with Crippen LogP contribution in [0.3, 0.4) is 0 Å². The monoisotopic (exact) mass is 341 g/mol. The molecule has 0 aliphatic carbocycles. The van der Waals surface area contributed by atoms with E-state index in [1.54, 1.807) is 6.33 Å². The Balaban J connectivity index is 1.55. The molecule has 1 aliphatic rings. The summed E-state index contributed by atoms with van der Waals surface area (Å²) in [7, 11) is 0. The normalized spacial score (nSPS) is 19.0. The first-order chi connectivity index (χ1) is 11.7. The lowest BCUT2D eigenvalue weighted by molar-refractivity contribution is 0.197. The molecule has 24 heavy (non-hydrogen) atoms. The number of hydrogen-bond acceptors (Lipinski definition) is 4. The van der Waals surface area contributed by atoms with E-state index in [-0.39, 0.29) is 0 Å². The van der Waals surface area contributed by atoms with Gasteiger partial charge in [-0.15, -0.1) is 0 Å². The Labute approximate surface area is 146 Å². The molecule has 1 aromatic carbocycles. The second-order valence-electron chi connectivity index (χ2n) is 6.49. The van der Waals surface area contributed by atoms with Crippen molar-refractivity contribution in [3.8, 4) is 0 Å². The maximum absolute atomic E-state index is 5.98. The van der Waals surface area contributed by atoms with Crippen molar-refractivity contribution >= 4 is 17.4 Å². The molecule has 1 aliphatic heterocycles. The fraction of sp³-hybridized carbons (Fsp3) is 0.389. The van der Waals surface area contributed by atoms with Crippen LogP contribution < -0.4 is 0 Å². The van der Waals surface area contributed by atoms with E-state index < -0.39 is 0 Å². The number of aryl methyl sites for hydroxylation is 1. The van der Waals surface area contributed by atoms with Crippen LogP contribution in [0, 0.1) is 6.92 Å². The number of hydrogen-bond donors (Lipinski definition) is 0. The molecule has 3 aromatic rings. The van der Waals surface area contributed by atoms with Crippen LogP contribution in [0.4, 0.5) is 0 Å². The van der Waals surface area contributed by atoms with E-state index in [2.05, 4.69) is 38.2 Å². The zero-order valence-electron chi connectivity index (χ0n) is 13.7. The van der Waals surface area contributed by atoms with E-state index in [0.717, 1.165) is 30.4 Å². The van der Waals surface area contributed by atoms with Crippen molar-refractivity contribution in [3.05, 3.63) is 58.6 Å². The van der Waals surface area contributed by atoms with E-state index >= 15 is 0 Å². The highest BCUT2D eigenvalue weighted by molar-refractivity contribution is 6.30. The van der Waals surface area contributed by atoms with Gasteiger partial charge in [-0.1, -0.05) is 23.7 Å². The lowest BCUT2D eigenvalue weighted by Crippen LogP contribution is -2.34. The summed E-state index contributed by atoms with van der Waals surface area (Å²) in [4.78, 5) is 11.2. The standard InChI is InChI=1S/C18H20ClN5/c1-13-9-17(24-18(22-13)20-12-21-24)15-3-2-8-23(11-15)10-14-4-6-16(19)7-5-14/h4-7,9,12,15H,2-3,8,10-11H2,1H3. The molecular formula is C18H20ClN5. The number of aromatic nitrogens is 4. The molecule has 2 aromatic heterocycles. The van der Waals surface area contributed by atoms with Gasteiger partial charge in [-0.2, -0.15) is 10.1 Å². The molecule has 1 unspecified atom stereocenters. The van der Waals surface area contributed by atoms with Crippen LogP contribution >= 0.6 is 11.6 Å². The summed E-state index contributed by atoms with van der Waals surface area (Å²) in [5.74, 6) is 1.15. The fourth-order valence-corrected chi connectivity index (χ4v) is 3.66. The van der Waals surface area contributed by atoms with Crippen molar-refractivity contribution in [1.29, 1.82) is 0 Å². The number of piperidine rings is 1. The molecule has 0 amide bonds. The summed E-state index contributed by atoms with van der Waals surface area (Å²) in [6.07, 6.45) is 3.95. The number of halogens is 1. The van der Waals surface area contributed by atoms with Gasteiger partial charge in [0.25, 0.3) is 5.78 Å². The number of benzene rings is 1. The molecule has 5 nitrogen and oxygen atoms in total. The van der Waals surface area contributed by atoms with Gasteiger partial charge >= 0.3 is 0 Å². The topological polar surface area (TPSA) is 46.3 Å². The number of nitrogens with zero attached hydrogens (tertiary/aromatic N) is 5. The quantitative estimate of drug-likeness (QED) is 0.732. The van der Waals surface area contributed by atoms with Crippen LogP contribution in [0.5, 0.6) is 0 Å². The molecule has 1 saturated heterocycles. The highest BCUT2D eigenvalue weighted by Gasteiger charge is 2.24. The van der Waals surface area contributed by atoms with Gasteiger partial charge in [-0.05, 0) is 50.1 Å². The van der Waals surface area contributed by atoms with Crippen molar-refractivity contribution in [1.82, 2.24) is 24.5 Å². The third kappa shape index (κ3) is 3.14. The average molecular weight is 342 g/mol. The second-order valence-corrected chi connectivity index (χ2v) is 6.93. The lowest BCUT2D eigenvalue weighted by Gasteiger charge is -2.33. The van der Waals surface area contributed by atoms with Crippen molar-refractivity contribution in [2.45, 2.75) is 32.2 Å². The Morgan fingerprint density at radius 3 is 2.92 bits per heavy atom. The molecule has 1 atom stereocenters. The minimum Gasteiger partial charge on any atom is -0.298 e. The van der Waals surface area contributed by atoms with Gasteiger partial charge in [0.2, 0.25) is 0 Å². The number of fused-ring (bicyclic) bond motifs is 1.